The molecule has 8 heteroatoms. The number of hydrogen-bond acceptors (Lipinski definition) is 4. The third-order valence-electron chi connectivity index (χ3n) is 4.88. The van der Waals surface area contributed by atoms with Gasteiger partial charge in [0.1, 0.15) is 0 Å². The van der Waals surface area contributed by atoms with Gasteiger partial charge in [-0.15, -0.1) is 6.42 Å². The fourth-order valence-corrected chi connectivity index (χ4v) is 4.99. The Hall–Kier alpha value is -3.51. The zero-order valence-electron chi connectivity index (χ0n) is 16.9. The number of fused-ring (bicyclic) bond motifs is 1. The lowest BCUT2D eigenvalue weighted by atomic mass is 10.0. The molecule has 0 radical (unpaired) electrons. The summed E-state index contributed by atoms with van der Waals surface area (Å²) >= 11 is 1.18. The quantitative estimate of drug-likeness (QED) is 0.462. The zero-order chi connectivity index (χ0) is 22.7. The van der Waals surface area contributed by atoms with Crippen molar-refractivity contribution in [2.75, 3.05) is 0 Å². The number of primary sulfonamides is 1. The number of nitrogens with two attached hydrogens (primary N) is 1. The molecule has 1 amide bonds. The molecule has 0 atom stereocenters. The predicted molar refractivity (Wildman–Crippen MR) is 126 cm³/mol. The summed E-state index contributed by atoms with van der Waals surface area (Å²) in [5.74, 6) is 2.14. The second-order valence-electron chi connectivity index (χ2n) is 7.13. The summed E-state index contributed by atoms with van der Waals surface area (Å²) in [5.41, 5.74) is 3.42. The van der Waals surface area contributed by atoms with Crippen molar-refractivity contribution >= 4 is 37.5 Å². The van der Waals surface area contributed by atoms with E-state index >= 15 is 0 Å². The molecule has 160 valence electrons. The molecule has 0 unspecified atom stereocenters. The summed E-state index contributed by atoms with van der Waals surface area (Å²) < 4.78 is 25.7. The minimum Gasteiger partial charge on any atom is -0.305 e. The van der Waals surface area contributed by atoms with Gasteiger partial charge in [0.05, 0.1) is 21.7 Å². The molecule has 0 saturated carbocycles. The molecule has 0 aliphatic heterocycles. The maximum Gasteiger partial charge on any atom is 0.279 e. The van der Waals surface area contributed by atoms with E-state index in [0.29, 0.717) is 20.6 Å². The Balaban J connectivity index is 1.67. The Morgan fingerprint density at radius 1 is 1.03 bits per heavy atom. The molecule has 6 nitrogen and oxygen atoms in total. The van der Waals surface area contributed by atoms with Gasteiger partial charge < -0.3 is 4.57 Å². The molecule has 0 aliphatic carbocycles. The SMILES string of the molecule is C#CCn1c(=NC(=O)c2ccc(Cc3ccccc3)cc2)sc2cc(S(N)(=O)=O)ccc21. The smallest absolute Gasteiger partial charge is 0.279 e. The lowest BCUT2D eigenvalue weighted by Gasteiger charge is -2.03. The van der Waals surface area contributed by atoms with E-state index in [-0.39, 0.29) is 11.4 Å². The minimum atomic E-state index is -3.84. The first-order valence-corrected chi connectivity index (χ1v) is 12.0. The second kappa shape index (κ2) is 8.93. The Labute approximate surface area is 189 Å². The van der Waals surface area contributed by atoms with Crippen LogP contribution >= 0.6 is 11.3 Å². The van der Waals surface area contributed by atoms with Crippen molar-refractivity contribution in [1.29, 1.82) is 0 Å². The van der Waals surface area contributed by atoms with E-state index in [1.165, 1.54) is 29.0 Å². The van der Waals surface area contributed by atoms with Crippen LogP contribution in [0.2, 0.25) is 0 Å². The van der Waals surface area contributed by atoms with Gasteiger partial charge in [-0.25, -0.2) is 13.6 Å². The average molecular weight is 462 g/mol. The van der Waals surface area contributed by atoms with Crippen molar-refractivity contribution in [2.24, 2.45) is 10.1 Å². The van der Waals surface area contributed by atoms with Crippen molar-refractivity contribution in [2.45, 2.75) is 17.9 Å². The fraction of sp³-hybridized carbons (Fsp3) is 0.0833. The number of rotatable bonds is 5. The fourth-order valence-electron chi connectivity index (χ4n) is 3.31. The van der Waals surface area contributed by atoms with E-state index in [9.17, 15) is 13.2 Å². The first kappa shape index (κ1) is 21.7. The van der Waals surface area contributed by atoms with E-state index < -0.39 is 15.9 Å². The molecule has 0 spiro atoms. The summed E-state index contributed by atoms with van der Waals surface area (Å²) in [6, 6.07) is 21.9. The van der Waals surface area contributed by atoms with Crippen molar-refractivity contribution in [3.8, 4) is 12.3 Å². The van der Waals surface area contributed by atoms with Gasteiger partial charge in [0, 0.05) is 5.56 Å². The van der Waals surface area contributed by atoms with Crippen molar-refractivity contribution in [1.82, 2.24) is 4.57 Å². The number of amides is 1. The summed E-state index contributed by atoms with van der Waals surface area (Å²) in [4.78, 5) is 17.4. The van der Waals surface area contributed by atoms with Crippen molar-refractivity contribution < 1.29 is 13.2 Å². The number of thiazole rings is 1. The van der Waals surface area contributed by atoms with Crippen LogP contribution in [0.4, 0.5) is 0 Å². The third-order valence-corrected chi connectivity index (χ3v) is 6.83. The van der Waals surface area contributed by atoms with Gasteiger partial charge in [-0.05, 0) is 47.9 Å². The van der Waals surface area contributed by atoms with Crippen LogP contribution in [0.3, 0.4) is 0 Å². The lowest BCUT2D eigenvalue weighted by Crippen LogP contribution is -2.16. The highest BCUT2D eigenvalue weighted by molar-refractivity contribution is 7.89. The highest BCUT2D eigenvalue weighted by atomic mass is 32.2. The molecule has 32 heavy (non-hydrogen) atoms. The van der Waals surface area contributed by atoms with Crippen LogP contribution in [0.25, 0.3) is 10.2 Å². The summed E-state index contributed by atoms with van der Waals surface area (Å²) in [5, 5.41) is 5.23. The van der Waals surface area contributed by atoms with Gasteiger partial charge in [0.2, 0.25) is 10.0 Å². The van der Waals surface area contributed by atoms with Crippen LogP contribution in [-0.4, -0.2) is 18.9 Å². The second-order valence-corrected chi connectivity index (χ2v) is 9.70. The maximum atomic E-state index is 12.8. The van der Waals surface area contributed by atoms with Gasteiger partial charge in [-0.2, -0.15) is 4.99 Å². The highest BCUT2D eigenvalue weighted by Crippen LogP contribution is 2.21. The van der Waals surface area contributed by atoms with Crippen molar-refractivity contribution in [3.05, 3.63) is 94.3 Å². The van der Waals surface area contributed by atoms with E-state index in [1.807, 2.05) is 30.3 Å². The first-order chi connectivity index (χ1) is 15.3. The Kier molecular flexibility index (Phi) is 6.06. The van der Waals surface area contributed by atoms with Gasteiger partial charge in [-0.3, -0.25) is 4.79 Å². The van der Waals surface area contributed by atoms with Crippen LogP contribution in [0.1, 0.15) is 21.5 Å². The predicted octanol–water partition coefficient (Wildman–Crippen LogP) is 3.32. The standard InChI is InChI=1S/C24H19N3O3S2/c1-2-14-27-21-13-12-20(32(25,29)30)16-22(21)31-24(27)26-23(28)19-10-8-18(9-11-19)15-17-6-4-3-5-7-17/h1,3-13,16H,14-15H2,(H2,25,29,30). The molecule has 4 aromatic rings. The van der Waals surface area contributed by atoms with E-state index in [2.05, 4.69) is 23.0 Å². The van der Waals surface area contributed by atoms with Gasteiger partial charge in [-0.1, -0.05) is 59.7 Å². The Morgan fingerprint density at radius 2 is 1.72 bits per heavy atom. The molecule has 0 fully saturated rings. The van der Waals surface area contributed by atoms with Crippen LogP contribution in [0, 0.1) is 12.3 Å². The van der Waals surface area contributed by atoms with E-state index in [1.54, 1.807) is 22.8 Å². The number of nitrogens with zero attached hydrogens (tertiary/aromatic N) is 2. The lowest BCUT2D eigenvalue weighted by molar-refractivity contribution is 0.0998. The highest BCUT2D eigenvalue weighted by Gasteiger charge is 2.13. The summed E-state index contributed by atoms with van der Waals surface area (Å²) in [6.45, 7) is 0.191. The average Bonchev–Trinajstić information content (AvgIpc) is 3.11. The van der Waals surface area contributed by atoms with E-state index in [0.717, 1.165) is 12.0 Å². The van der Waals surface area contributed by atoms with Crippen LogP contribution in [0.5, 0.6) is 0 Å². The van der Waals surface area contributed by atoms with Crippen LogP contribution in [0.15, 0.2) is 82.7 Å². The number of carbonyl (C=O) groups is 1. The largest absolute Gasteiger partial charge is 0.305 e. The van der Waals surface area contributed by atoms with Crippen LogP contribution in [-0.2, 0) is 23.0 Å². The van der Waals surface area contributed by atoms with E-state index in [4.69, 9.17) is 11.6 Å². The van der Waals surface area contributed by atoms with Crippen molar-refractivity contribution in [3.63, 3.8) is 0 Å². The Bertz CT molecular complexity index is 1510. The molecule has 3 aromatic carbocycles. The van der Waals surface area contributed by atoms with Gasteiger partial charge in [0.15, 0.2) is 4.80 Å². The molecule has 1 aromatic heterocycles. The molecule has 1 heterocycles. The molecule has 0 aliphatic rings. The topological polar surface area (TPSA) is 94.5 Å². The number of terminal acetylenes is 1. The Morgan fingerprint density at radius 3 is 2.38 bits per heavy atom. The van der Waals surface area contributed by atoms with Crippen LogP contribution < -0.4 is 9.94 Å². The molecular formula is C24H19N3O3S2. The minimum absolute atomic E-state index is 0.00834. The first-order valence-electron chi connectivity index (χ1n) is 9.67. The monoisotopic (exact) mass is 461 g/mol. The number of hydrogen-bond donors (Lipinski definition) is 1. The summed E-state index contributed by atoms with van der Waals surface area (Å²) in [7, 11) is -3.84. The maximum absolute atomic E-state index is 12.8. The van der Waals surface area contributed by atoms with Gasteiger partial charge >= 0.3 is 0 Å². The molecule has 0 bridgehead atoms. The molecule has 0 saturated heterocycles. The van der Waals surface area contributed by atoms with Gasteiger partial charge in [0.25, 0.3) is 5.91 Å². The summed E-state index contributed by atoms with van der Waals surface area (Å²) in [6.07, 6.45) is 6.27. The number of carbonyl (C=O) groups excluding carboxylic acids is 1. The number of sulfonamides is 1. The third kappa shape index (κ3) is 4.70. The number of benzene rings is 3. The molecule has 2 N–H and O–H groups in total. The normalized spacial score (nSPS) is 12.1. The molecule has 4 rings (SSSR count). The molecular weight excluding hydrogens is 442 g/mol. The number of aromatic nitrogens is 1. The zero-order valence-corrected chi connectivity index (χ0v) is 18.6.